The maximum absolute atomic E-state index is 11.1. The standard InChI is InChI=1S/C18H16N2O4S/c1-11-4-5-12(8-15(11)20(21)22)14-10-25-18(19-14)13-6-7-16(23-2)17(9-13)24-3/h4-10H,1-3H3. The number of nitrogens with zero attached hydrogens (tertiary/aromatic N) is 2. The molecule has 3 aromatic rings. The number of benzene rings is 2. The molecular formula is C18H16N2O4S. The van der Waals surface area contributed by atoms with E-state index in [0.717, 1.165) is 16.1 Å². The van der Waals surface area contributed by atoms with Gasteiger partial charge in [-0.25, -0.2) is 4.98 Å². The van der Waals surface area contributed by atoms with Gasteiger partial charge >= 0.3 is 0 Å². The number of ether oxygens (including phenoxy) is 2. The molecule has 0 aliphatic rings. The van der Waals surface area contributed by atoms with Gasteiger partial charge in [0, 0.05) is 28.1 Å². The van der Waals surface area contributed by atoms with Crippen molar-refractivity contribution in [3.05, 3.63) is 57.5 Å². The van der Waals surface area contributed by atoms with E-state index in [9.17, 15) is 10.1 Å². The van der Waals surface area contributed by atoms with Crippen molar-refractivity contribution in [2.75, 3.05) is 14.2 Å². The van der Waals surface area contributed by atoms with Crippen molar-refractivity contribution >= 4 is 17.0 Å². The monoisotopic (exact) mass is 356 g/mol. The number of nitro benzene ring substituents is 1. The molecule has 1 heterocycles. The van der Waals surface area contributed by atoms with Crippen molar-refractivity contribution < 1.29 is 14.4 Å². The number of methoxy groups -OCH3 is 2. The Morgan fingerprint density at radius 3 is 2.44 bits per heavy atom. The highest BCUT2D eigenvalue weighted by Gasteiger charge is 2.15. The van der Waals surface area contributed by atoms with Gasteiger partial charge in [-0.05, 0) is 25.1 Å². The first-order valence-electron chi connectivity index (χ1n) is 7.47. The number of nitro groups is 1. The lowest BCUT2D eigenvalue weighted by Gasteiger charge is -2.08. The van der Waals surface area contributed by atoms with Crippen LogP contribution in [0.5, 0.6) is 11.5 Å². The van der Waals surface area contributed by atoms with E-state index in [1.54, 1.807) is 33.3 Å². The fourth-order valence-corrected chi connectivity index (χ4v) is 3.30. The van der Waals surface area contributed by atoms with E-state index >= 15 is 0 Å². The molecule has 128 valence electrons. The van der Waals surface area contributed by atoms with Gasteiger partial charge in [-0.1, -0.05) is 12.1 Å². The lowest BCUT2D eigenvalue weighted by atomic mass is 10.1. The molecule has 0 aliphatic heterocycles. The molecule has 6 nitrogen and oxygen atoms in total. The molecule has 0 saturated carbocycles. The Balaban J connectivity index is 1.98. The van der Waals surface area contributed by atoms with Crippen LogP contribution in [0.4, 0.5) is 5.69 Å². The van der Waals surface area contributed by atoms with Crippen molar-refractivity contribution in [2.45, 2.75) is 6.92 Å². The Labute approximate surface area is 148 Å². The quantitative estimate of drug-likeness (QED) is 0.489. The normalized spacial score (nSPS) is 10.5. The van der Waals surface area contributed by atoms with Gasteiger partial charge in [0.1, 0.15) is 5.01 Å². The summed E-state index contributed by atoms with van der Waals surface area (Å²) in [6.45, 7) is 1.72. The molecule has 0 atom stereocenters. The molecule has 25 heavy (non-hydrogen) atoms. The molecule has 0 saturated heterocycles. The molecule has 0 spiro atoms. The van der Waals surface area contributed by atoms with Crippen LogP contribution in [0.15, 0.2) is 41.8 Å². The zero-order valence-corrected chi connectivity index (χ0v) is 14.8. The van der Waals surface area contributed by atoms with Crippen LogP contribution >= 0.6 is 11.3 Å². The molecule has 0 aliphatic carbocycles. The number of thiazole rings is 1. The molecule has 1 aromatic heterocycles. The number of aryl methyl sites for hydroxylation is 1. The first kappa shape index (κ1) is 16.9. The number of aromatic nitrogens is 1. The van der Waals surface area contributed by atoms with Crippen LogP contribution in [0.2, 0.25) is 0 Å². The third-order valence-electron chi connectivity index (χ3n) is 3.84. The maximum atomic E-state index is 11.1. The summed E-state index contributed by atoms with van der Waals surface area (Å²) in [5.74, 6) is 1.28. The van der Waals surface area contributed by atoms with Gasteiger partial charge in [0.05, 0.1) is 24.8 Å². The van der Waals surface area contributed by atoms with Crippen LogP contribution < -0.4 is 9.47 Å². The van der Waals surface area contributed by atoms with Gasteiger partial charge in [-0.2, -0.15) is 0 Å². The minimum absolute atomic E-state index is 0.0955. The van der Waals surface area contributed by atoms with Crippen molar-refractivity contribution in [1.29, 1.82) is 0 Å². The average molecular weight is 356 g/mol. The fourth-order valence-electron chi connectivity index (χ4n) is 2.47. The van der Waals surface area contributed by atoms with Gasteiger partial charge < -0.3 is 9.47 Å². The number of hydrogen-bond acceptors (Lipinski definition) is 6. The van der Waals surface area contributed by atoms with Gasteiger partial charge in [-0.15, -0.1) is 11.3 Å². The minimum Gasteiger partial charge on any atom is -0.493 e. The third kappa shape index (κ3) is 3.32. The van der Waals surface area contributed by atoms with Crippen molar-refractivity contribution in [3.8, 4) is 33.3 Å². The average Bonchev–Trinajstić information content (AvgIpc) is 3.11. The molecule has 0 N–H and O–H groups in total. The van der Waals surface area contributed by atoms with E-state index in [0.29, 0.717) is 22.8 Å². The molecule has 0 bridgehead atoms. The van der Waals surface area contributed by atoms with Crippen LogP contribution in [-0.4, -0.2) is 24.1 Å². The predicted octanol–water partition coefficient (Wildman–Crippen LogP) is 4.71. The fraction of sp³-hybridized carbons (Fsp3) is 0.167. The van der Waals surface area contributed by atoms with E-state index in [-0.39, 0.29) is 10.6 Å². The molecule has 0 unspecified atom stereocenters. The maximum Gasteiger partial charge on any atom is 0.272 e. The molecule has 3 rings (SSSR count). The third-order valence-corrected chi connectivity index (χ3v) is 4.73. The first-order valence-corrected chi connectivity index (χ1v) is 8.34. The highest BCUT2D eigenvalue weighted by molar-refractivity contribution is 7.13. The van der Waals surface area contributed by atoms with Crippen LogP contribution in [0, 0.1) is 17.0 Å². The van der Waals surface area contributed by atoms with Crippen LogP contribution in [0.3, 0.4) is 0 Å². The highest BCUT2D eigenvalue weighted by atomic mass is 32.1. The predicted molar refractivity (Wildman–Crippen MR) is 97.5 cm³/mol. The summed E-state index contributed by atoms with van der Waals surface area (Å²) in [6, 6.07) is 10.7. The molecule has 2 aromatic carbocycles. The summed E-state index contributed by atoms with van der Waals surface area (Å²) in [7, 11) is 3.17. The van der Waals surface area contributed by atoms with Crippen molar-refractivity contribution in [1.82, 2.24) is 4.98 Å². The zero-order valence-electron chi connectivity index (χ0n) is 14.0. The Hall–Kier alpha value is -2.93. The Kier molecular flexibility index (Phi) is 4.67. The van der Waals surface area contributed by atoms with E-state index in [4.69, 9.17) is 9.47 Å². The Morgan fingerprint density at radius 1 is 1.04 bits per heavy atom. The molecular weight excluding hydrogens is 340 g/mol. The lowest BCUT2D eigenvalue weighted by Crippen LogP contribution is -1.92. The molecule has 0 radical (unpaired) electrons. The van der Waals surface area contributed by atoms with Gasteiger partial charge in [0.15, 0.2) is 11.5 Å². The van der Waals surface area contributed by atoms with Gasteiger partial charge in [0.2, 0.25) is 0 Å². The van der Waals surface area contributed by atoms with Crippen molar-refractivity contribution in [3.63, 3.8) is 0 Å². The summed E-state index contributed by atoms with van der Waals surface area (Å²) in [5, 5.41) is 13.8. The number of hydrogen-bond donors (Lipinski definition) is 0. The largest absolute Gasteiger partial charge is 0.493 e. The minimum atomic E-state index is -0.375. The van der Waals surface area contributed by atoms with Crippen LogP contribution in [0.1, 0.15) is 5.56 Å². The number of rotatable bonds is 5. The second kappa shape index (κ2) is 6.90. The van der Waals surface area contributed by atoms with Crippen LogP contribution in [0.25, 0.3) is 21.8 Å². The van der Waals surface area contributed by atoms with E-state index < -0.39 is 0 Å². The summed E-state index contributed by atoms with van der Waals surface area (Å²) >= 11 is 1.47. The van der Waals surface area contributed by atoms with Crippen LogP contribution in [-0.2, 0) is 0 Å². The SMILES string of the molecule is COc1ccc(-c2nc(-c3ccc(C)c([N+](=O)[O-])c3)cs2)cc1OC. The topological polar surface area (TPSA) is 74.5 Å². The Morgan fingerprint density at radius 2 is 1.76 bits per heavy atom. The first-order chi connectivity index (χ1) is 12.0. The van der Waals surface area contributed by atoms with E-state index in [2.05, 4.69) is 4.98 Å². The van der Waals surface area contributed by atoms with Gasteiger partial charge in [-0.3, -0.25) is 10.1 Å². The summed E-state index contributed by atoms with van der Waals surface area (Å²) in [4.78, 5) is 15.4. The summed E-state index contributed by atoms with van der Waals surface area (Å²) < 4.78 is 10.6. The lowest BCUT2D eigenvalue weighted by molar-refractivity contribution is -0.385. The second-order valence-corrected chi connectivity index (χ2v) is 6.22. The van der Waals surface area contributed by atoms with Crippen molar-refractivity contribution in [2.24, 2.45) is 0 Å². The van der Waals surface area contributed by atoms with E-state index in [1.807, 2.05) is 29.6 Å². The zero-order chi connectivity index (χ0) is 18.0. The summed E-state index contributed by atoms with van der Waals surface area (Å²) in [6.07, 6.45) is 0. The highest BCUT2D eigenvalue weighted by Crippen LogP contribution is 2.35. The van der Waals surface area contributed by atoms with Gasteiger partial charge in [0.25, 0.3) is 5.69 Å². The molecule has 7 heteroatoms. The summed E-state index contributed by atoms with van der Waals surface area (Å²) in [5.41, 5.74) is 3.05. The van der Waals surface area contributed by atoms with E-state index in [1.165, 1.54) is 11.3 Å². The second-order valence-electron chi connectivity index (χ2n) is 5.37. The smallest absolute Gasteiger partial charge is 0.272 e. The molecule has 0 fully saturated rings. The molecule has 0 amide bonds. The Bertz CT molecular complexity index is 937.